The number of rotatable bonds is 62. The Morgan fingerprint density at radius 1 is 0.309 bits per heavy atom. The molecule has 0 rings (SSSR count). The maximum Gasteiger partial charge on any atom is 0.306 e. The molecular formula is C69H128O12. The molecule has 0 spiro atoms. The Kier molecular flexibility index (Phi) is 58.6. The minimum Gasteiger partial charge on any atom is -0.462 e. The van der Waals surface area contributed by atoms with Gasteiger partial charge in [0, 0.05) is 39.1 Å². The van der Waals surface area contributed by atoms with Gasteiger partial charge in [0.25, 0.3) is 0 Å². The Bertz CT molecular complexity index is 1400. The van der Waals surface area contributed by atoms with Crippen LogP contribution in [0.1, 0.15) is 293 Å². The van der Waals surface area contributed by atoms with Crippen LogP contribution in [-0.2, 0) is 57.0 Å². The summed E-state index contributed by atoms with van der Waals surface area (Å²) in [5, 5.41) is 0. The molecule has 0 amide bonds. The van der Waals surface area contributed by atoms with E-state index in [4.69, 9.17) is 42.6 Å². The summed E-state index contributed by atoms with van der Waals surface area (Å²) in [7, 11) is 0. The molecule has 0 aromatic heterocycles. The van der Waals surface area contributed by atoms with E-state index in [1.54, 1.807) is 0 Å². The van der Waals surface area contributed by atoms with E-state index in [9.17, 15) is 14.4 Å². The van der Waals surface area contributed by atoms with Crippen molar-refractivity contribution in [1.29, 1.82) is 0 Å². The fourth-order valence-electron chi connectivity index (χ4n) is 9.65. The molecule has 0 saturated heterocycles. The van der Waals surface area contributed by atoms with Gasteiger partial charge in [0.05, 0.1) is 56.4 Å². The molecule has 476 valence electrons. The molecular weight excluding hydrogens is 1020 g/mol. The second-order valence-corrected chi connectivity index (χ2v) is 22.7. The Labute approximate surface area is 498 Å². The lowest BCUT2D eigenvalue weighted by Gasteiger charge is -2.19. The zero-order chi connectivity index (χ0) is 59.5. The second kappa shape index (κ2) is 60.5. The largest absolute Gasteiger partial charge is 0.462 e. The van der Waals surface area contributed by atoms with Crippen LogP contribution >= 0.6 is 0 Å². The van der Waals surface area contributed by atoms with Crippen molar-refractivity contribution in [2.75, 3.05) is 52.9 Å². The topological polar surface area (TPSA) is 134 Å². The van der Waals surface area contributed by atoms with E-state index in [2.05, 4.69) is 78.0 Å². The number of carbonyl (C=O) groups excluding carboxylic acids is 3. The molecule has 12 nitrogen and oxygen atoms in total. The fraction of sp³-hybridized carbons (Fsp3) is 0.870. The summed E-state index contributed by atoms with van der Waals surface area (Å²) in [5.74, 6) is -0.999. The van der Waals surface area contributed by atoms with Crippen molar-refractivity contribution < 1.29 is 57.0 Å². The third-order valence-corrected chi connectivity index (χ3v) is 14.6. The Balaban J connectivity index is 4.91. The minimum absolute atomic E-state index is 0.114. The number of carbonyl (C=O) groups is 3. The molecule has 81 heavy (non-hydrogen) atoms. The van der Waals surface area contributed by atoms with E-state index in [1.807, 2.05) is 20.8 Å². The Morgan fingerprint density at radius 3 is 0.914 bits per heavy atom. The predicted octanol–water partition coefficient (Wildman–Crippen LogP) is 18.2. The van der Waals surface area contributed by atoms with Gasteiger partial charge in [-0.3, -0.25) is 14.4 Å². The van der Waals surface area contributed by atoms with Crippen LogP contribution in [0.15, 0.2) is 36.5 Å². The van der Waals surface area contributed by atoms with E-state index < -0.39 is 6.10 Å². The van der Waals surface area contributed by atoms with E-state index in [-0.39, 0.29) is 74.2 Å². The molecule has 0 aliphatic rings. The lowest BCUT2D eigenvalue weighted by Crippen LogP contribution is -2.30. The number of unbranched alkanes of at least 4 members (excludes halogenated alkanes) is 21. The molecule has 0 heterocycles. The van der Waals surface area contributed by atoms with Crippen molar-refractivity contribution in [3.05, 3.63) is 36.5 Å². The molecule has 7 atom stereocenters. The average Bonchev–Trinajstić information content (AvgIpc) is 3.45. The number of ether oxygens (including phenoxy) is 9. The van der Waals surface area contributed by atoms with Gasteiger partial charge in [-0.2, -0.15) is 0 Å². The highest BCUT2D eigenvalue weighted by atomic mass is 16.6. The predicted molar refractivity (Wildman–Crippen MR) is 335 cm³/mol. The van der Waals surface area contributed by atoms with Crippen LogP contribution in [0.4, 0.5) is 0 Å². The summed E-state index contributed by atoms with van der Waals surface area (Å²) >= 11 is 0. The van der Waals surface area contributed by atoms with Crippen molar-refractivity contribution in [2.24, 2.45) is 0 Å². The van der Waals surface area contributed by atoms with Gasteiger partial charge in [-0.25, -0.2) is 0 Å². The molecule has 0 aliphatic carbocycles. The molecule has 0 N–H and O–H groups in total. The fourth-order valence-corrected chi connectivity index (χ4v) is 9.65. The molecule has 0 radical (unpaired) electrons. The SMILES string of the molecule is CCCCCC(C/C=C\CCCCCCCC(=O)OCC(COC(=O)CCCCCCC/C=C/CC(CCCCC)OCC(C)OCC)OC(=O)CCCCCCC/C=C\CC(CCCCC)OCC(C)OCC)OCC(C)OCC. The highest BCUT2D eigenvalue weighted by Crippen LogP contribution is 2.18. The molecule has 0 fully saturated rings. The van der Waals surface area contributed by atoms with Crippen LogP contribution in [0.5, 0.6) is 0 Å². The van der Waals surface area contributed by atoms with Crippen molar-refractivity contribution >= 4 is 17.9 Å². The van der Waals surface area contributed by atoms with Crippen molar-refractivity contribution in [3.8, 4) is 0 Å². The van der Waals surface area contributed by atoms with Gasteiger partial charge in [0.2, 0.25) is 0 Å². The van der Waals surface area contributed by atoms with Crippen LogP contribution in [0, 0.1) is 0 Å². The van der Waals surface area contributed by atoms with E-state index in [0.29, 0.717) is 52.5 Å². The summed E-state index contributed by atoms with van der Waals surface area (Å²) in [6.07, 6.45) is 49.7. The normalized spacial score (nSPS) is 14.6. The van der Waals surface area contributed by atoms with Crippen LogP contribution in [0.2, 0.25) is 0 Å². The molecule has 0 aliphatic heterocycles. The zero-order valence-electron chi connectivity index (χ0n) is 54.0. The first-order chi connectivity index (χ1) is 39.5. The summed E-state index contributed by atoms with van der Waals surface area (Å²) in [6, 6.07) is 0. The van der Waals surface area contributed by atoms with Crippen molar-refractivity contribution in [3.63, 3.8) is 0 Å². The molecule has 12 heteroatoms. The number of hydrogen-bond acceptors (Lipinski definition) is 12. The van der Waals surface area contributed by atoms with E-state index in [1.165, 1.54) is 57.8 Å². The van der Waals surface area contributed by atoms with Gasteiger partial charge in [-0.05, 0) is 138 Å². The van der Waals surface area contributed by atoms with Crippen LogP contribution in [0.3, 0.4) is 0 Å². The zero-order valence-corrected chi connectivity index (χ0v) is 54.0. The first kappa shape index (κ1) is 78.4. The minimum atomic E-state index is -0.836. The summed E-state index contributed by atoms with van der Waals surface area (Å²) in [6.45, 7) is 22.7. The van der Waals surface area contributed by atoms with Gasteiger partial charge < -0.3 is 42.6 Å². The maximum absolute atomic E-state index is 13.1. The van der Waals surface area contributed by atoms with Crippen LogP contribution in [0.25, 0.3) is 0 Å². The van der Waals surface area contributed by atoms with E-state index in [0.717, 1.165) is 154 Å². The molecule has 0 bridgehead atoms. The first-order valence-electron chi connectivity index (χ1n) is 33.7. The van der Waals surface area contributed by atoms with E-state index >= 15 is 0 Å². The maximum atomic E-state index is 13.1. The average molecular weight is 1150 g/mol. The summed E-state index contributed by atoms with van der Waals surface area (Å²) < 4.78 is 52.6. The van der Waals surface area contributed by atoms with Gasteiger partial charge >= 0.3 is 17.9 Å². The monoisotopic (exact) mass is 1150 g/mol. The highest BCUT2D eigenvalue weighted by Gasteiger charge is 2.20. The third kappa shape index (κ3) is 55.0. The van der Waals surface area contributed by atoms with Crippen LogP contribution < -0.4 is 0 Å². The van der Waals surface area contributed by atoms with Crippen molar-refractivity contribution in [1.82, 2.24) is 0 Å². The summed E-state index contributed by atoms with van der Waals surface area (Å²) in [4.78, 5) is 38.7. The van der Waals surface area contributed by atoms with Gasteiger partial charge in [0.15, 0.2) is 6.10 Å². The standard InChI is InChI=1S/C69H128O12/c1-10-16-37-46-63(76-55-60(7)73-13-4)49-40-31-25-19-22-28-34-43-52-67(70)79-58-66(81-69(72)54-45-36-30-24-21-27-33-42-51-65(48-39-18-12-3)78-57-62(9)75-15-6)59-80-68(71)53-44-35-29-23-20-26-32-41-50-64(47-38-17-11-2)77-56-61(8)74-14-5/h31-33,40-42,60-66H,10-30,34-39,43-59H2,1-9H3/b40-31-,41-32+,42-33-. The lowest BCUT2D eigenvalue weighted by molar-refractivity contribution is -0.167. The molecule has 0 aromatic rings. The first-order valence-corrected chi connectivity index (χ1v) is 33.7. The molecule has 0 aromatic carbocycles. The van der Waals surface area contributed by atoms with Gasteiger partial charge in [0.1, 0.15) is 13.2 Å². The Morgan fingerprint density at radius 2 is 0.605 bits per heavy atom. The summed E-state index contributed by atoms with van der Waals surface area (Å²) in [5.41, 5.74) is 0. The third-order valence-electron chi connectivity index (χ3n) is 14.6. The number of esters is 3. The van der Waals surface area contributed by atoms with Crippen molar-refractivity contribution in [2.45, 2.75) is 336 Å². The molecule has 0 saturated carbocycles. The second-order valence-electron chi connectivity index (χ2n) is 22.7. The Hall–Kier alpha value is -2.61. The lowest BCUT2D eigenvalue weighted by atomic mass is 10.1. The van der Waals surface area contributed by atoms with Gasteiger partial charge in [-0.1, -0.05) is 173 Å². The quantitative estimate of drug-likeness (QED) is 0.0248. The number of hydrogen-bond donors (Lipinski definition) is 0. The van der Waals surface area contributed by atoms with Crippen LogP contribution in [-0.4, -0.2) is 113 Å². The molecule has 7 unspecified atom stereocenters. The smallest absolute Gasteiger partial charge is 0.306 e. The highest BCUT2D eigenvalue weighted by molar-refractivity contribution is 5.71. The van der Waals surface area contributed by atoms with Gasteiger partial charge in [-0.15, -0.1) is 0 Å². The number of allylic oxidation sites excluding steroid dienone is 3.